The molecule has 2 fully saturated rings. The van der Waals surface area contributed by atoms with E-state index in [-0.39, 0.29) is 35.6 Å². The minimum Gasteiger partial charge on any atom is -0.468 e. The van der Waals surface area contributed by atoms with Crippen molar-refractivity contribution in [3.63, 3.8) is 0 Å². The number of likely N-dealkylation sites (N-methyl/N-ethyl adjacent to an activating group) is 1. The van der Waals surface area contributed by atoms with Crippen LogP contribution in [0.25, 0.3) is 0 Å². The molecule has 1 heterocycles. The van der Waals surface area contributed by atoms with Crippen molar-refractivity contribution < 1.29 is 19.1 Å². The highest BCUT2D eigenvalue weighted by Crippen LogP contribution is 2.63. The molecule has 1 saturated heterocycles. The first-order chi connectivity index (χ1) is 8.36. The molecule has 6 heteroatoms. The zero-order valence-electron chi connectivity index (χ0n) is 11.0. The third-order valence-electron chi connectivity index (χ3n) is 4.09. The normalized spacial score (nSPS) is 30.1. The van der Waals surface area contributed by atoms with Gasteiger partial charge in [0.25, 0.3) is 0 Å². The van der Waals surface area contributed by atoms with E-state index >= 15 is 0 Å². The molecular formula is C12H18N2O4. The van der Waals surface area contributed by atoms with E-state index in [0.717, 1.165) is 0 Å². The van der Waals surface area contributed by atoms with Crippen LogP contribution in [0.4, 0.5) is 0 Å². The van der Waals surface area contributed by atoms with Crippen molar-refractivity contribution >= 4 is 17.8 Å². The van der Waals surface area contributed by atoms with Gasteiger partial charge in [-0.2, -0.15) is 0 Å². The molecule has 3 unspecified atom stereocenters. The van der Waals surface area contributed by atoms with Gasteiger partial charge in [0.05, 0.1) is 25.5 Å². The number of nitrogens with zero attached hydrogens (tertiary/aromatic N) is 1. The van der Waals surface area contributed by atoms with E-state index in [1.54, 1.807) is 7.05 Å². The fourth-order valence-corrected chi connectivity index (χ4v) is 2.79. The molecule has 3 atom stereocenters. The summed E-state index contributed by atoms with van der Waals surface area (Å²) in [6.07, 6.45) is 0. The van der Waals surface area contributed by atoms with Crippen molar-refractivity contribution in [2.75, 3.05) is 20.7 Å². The summed E-state index contributed by atoms with van der Waals surface area (Å²) in [4.78, 5) is 36.7. The number of carbonyl (C=O) groups excluding carboxylic acids is 3. The van der Waals surface area contributed by atoms with Crippen LogP contribution in [-0.2, 0) is 19.1 Å². The molecule has 2 rings (SSSR count). The number of ether oxygens (including phenoxy) is 1. The lowest BCUT2D eigenvalue weighted by molar-refractivity contribution is -0.147. The lowest BCUT2D eigenvalue weighted by Gasteiger charge is -2.24. The topological polar surface area (TPSA) is 75.7 Å². The van der Waals surface area contributed by atoms with Crippen molar-refractivity contribution in [3.05, 3.63) is 0 Å². The number of piperidine rings is 1. The summed E-state index contributed by atoms with van der Waals surface area (Å²) in [5.74, 6) is -1.23. The smallest absolute Gasteiger partial charge is 0.324 e. The average molecular weight is 254 g/mol. The molecule has 2 aliphatic rings. The first kappa shape index (κ1) is 13.0. The quantitative estimate of drug-likeness (QED) is 0.535. The van der Waals surface area contributed by atoms with Gasteiger partial charge in [0.1, 0.15) is 6.04 Å². The van der Waals surface area contributed by atoms with Crippen molar-refractivity contribution in [2.45, 2.75) is 19.9 Å². The van der Waals surface area contributed by atoms with Gasteiger partial charge < -0.3 is 10.1 Å². The second-order valence-corrected chi connectivity index (χ2v) is 5.43. The molecule has 0 radical (unpaired) electrons. The highest BCUT2D eigenvalue weighted by atomic mass is 16.5. The number of fused-ring (bicyclic) bond motifs is 1. The Hall–Kier alpha value is -1.43. The first-order valence-electron chi connectivity index (χ1n) is 5.96. The number of likely N-dealkylation sites (tertiary alicyclic amines) is 1. The van der Waals surface area contributed by atoms with Crippen LogP contribution in [-0.4, -0.2) is 49.4 Å². The summed E-state index contributed by atoms with van der Waals surface area (Å²) in [6, 6.07) is -0.663. The van der Waals surface area contributed by atoms with Crippen molar-refractivity contribution in [1.82, 2.24) is 10.2 Å². The Morgan fingerprint density at radius 2 is 1.89 bits per heavy atom. The van der Waals surface area contributed by atoms with Crippen LogP contribution in [0.15, 0.2) is 0 Å². The summed E-state index contributed by atoms with van der Waals surface area (Å²) in [5, 5.41) is 2.75. The number of nitrogens with one attached hydrogen (secondary N) is 1. The van der Waals surface area contributed by atoms with Gasteiger partial charge in [-0.15, -0.1) is 0 Å². The predicted molar refractivity (Wildman–Crippen MR) is 62.3 cm³/mol. The molecule has 1 saturated carbocycles. The summed E-state index contributed by atoms with van der Waals surface area (Å²) in [7, 11) is 2.87. The van der Waals surface area contributed by atoms with E-state index in [9.17, 15) is 14.4 Å². The van der Waals surface area contributed by atoms with E-state index in [1.165, 1.54) is 12.0 Å². The van der Waals surface area contributed by atoms with Crippen LogP contribution in [0.3, 0.4) is 0 Å². The van der Waals surface area contributed by atoms with Gasteiger partial charge in [0.15, 0.2) is 0 Å². The number of methoxy groups -OCH3 is 1. The van der Waals surface area contributed by atoms with Gasteiger partial charge in [0.2, 0.25) is 11.8 Å². The number of imide groups is 1. The van der Waals surface area contributed by atoms with Crippen LogP contribution in [0.2, 0.25) is 0 Å². The molecule has 0 aromatic rings. The van der Waals surface area contributed by atoms with Gasteiger partial charge >= 0.3 is 5.97 Å². The summed E-state index contributed by atoms with van der Waals surface area (Å²) in [6.45, 7) is 3.89. The lowest BCUT2D eigenvalue weighted by atomic mass is 10.1. The molecule has 1 aliphatic carbocycles. The Morgan fingerprint density at radius 3 is 2.28 bits per heavy atom. The van der Waals surface area contributed by atoms with Crippen LogP contribution in [0, 0.1) is 17.3 Å². The Morgan fingerprint density at radius 1 is 1.39 bits per heavy atom. The van der Waals surface area contributed by atoms with Crippen LogP contribution < -0.4 is 5.32 Å². The third kappa shape index (κ3) is 1.63. The van der Waals surface area contributed by atoms with E-state index in [4.69, 9.17) is 0 Å². The maximum absolute atomic E-state index is 12.1. The molecule has 0 bridgehead atoms. The maximum atomic E-state index is 12.1. The largest absolute Gasteiger partial charge is 0.468 e. The van der Waals surface area contributed by atoms with Gasteiger partial charge in [-0.25, -0.2) is 0 Å². The Bertz CT molecular complexity index is 394. The molecule has 1 aliphatic heterocycles. The molecule has 0 aromatic carbocycles. The van der Waals surface area contributed by atoms with E-state index in [2.05, 4.69) is 10.1 Å². The predicted octanol–water partition coefficient (Wildman–Crippen LogP) is -0.612. The fraction of sp³-hybridized carbons (Fsp3) is 0.750. The Labute approximate surface area is 106 Å². The van der Waals surface area contributed by atoms with E-state index < -0.39 is 12.0 Å². The lowest BCUT2D eigenvalue weighted by Crippen LogP contribution is -2.49. The highest BCUT2D eigenvalue weighted by molar-refractivity contribution is 6.10. The average Bonchev–Trinajstić information content (AvgIpc) is 2.80. The summed E-state index contributed by atoms with van der Waals surface area (Å²) >= 11 is 0. The second-order valence-electron chi connectivity index (χ2n) is 5.43. The summed E-state index contributed by atoms with van der Waals surface area (Å²) in [5.41, 5.74) is -0.217. The maximum Gasteiger partial charge on any atom is 0.324 e. The fourth-order valence-electron chi connectivity index (χ4n) is 2.79. The molecule has 2 amide bonds. The van der Waals surface area contributed by atoms with Crippen molar-refractivity contribution in [3.8, 4) is 0 Å². The number of esters is 1. The molecule has 1 N–H and O–H groups in total. The molecule has 0 spiro atoms. The first-order valence-corrected chi connectivity index (χ1v) is 5.96. The number of hydrogen-bond donors (Lipinski definition) is 1. The van der Waals surface area contributed by atoms with E-state index in [0.29, 0.717) is 0 Å². The van der Waals surface area contributed by atoms with Gasteiger partial charge in [-0.1, -0.05) is 13.8 Å². The van der Waals surface area contributed by atoms with Crippen LogP contribution in [0.1, 0.15) is 13.8 Å². The zero-order valence-corrected chi connectivity index (χ0v) is 11.0. The van der Waals surface area contributed by atoms with Crippen LogP contribution >= 0.6 is 0 Å². The SMILES string of the molecule is CNC(CN1C(=O)C2C(C1=O)C2(C)C)C(=O)OC. The van der Waals surface area contributed by atoms with Gasteiger partial charge in [-0.3, -0.25) is 19.3 Å². The van der Waals surface area contributed by atoms with Crippen LogP contribution in [0.5, 0.6) is 0 Å². The zero-order chi connectivity index (χ0) is 13.7. The number of rotatable bonds is 4. The minimum absolute atomic E-state index is 0.0456. The van der Waals surface area contributed by atoms with Gasteiger partial charge in [-0.05, 0) is 12.5 Å². The minimum atomic E-state index is -0.663. The Kier molecular flexibility index (Phi) is 2.93. The van der Waals surface area contributed by atoms with E-state index in [1.807, 2.05) is 13.8 Å². The number of hydrogen-bond acceptors (Lipinski definition) is 5. The van der Waals surface area contributed by atoms with Crippen molar-refractivity contribution in [1.29, 1.82) is 0 Å². The van der Waals surface area contributed by atoms with Crippen molar-refractivity contribution in [2.24, 2.45) is 17.3 Å². The molecular weight excluding hydrogens is 236 g/mol. The standard InChI is InChI=1S/C12H18N2O4/c1-12(2)7-8(12)10(16)14(9(7)15)5-6(13-3)11(17)18-4/h6-8,13H,5H2,1-4H3. The summed E-state index contributed by atoms with van der Waals surface area (Å²) < 4.78 is 4.61. The Balaban J connectivity index is 2.07. The van der Waals surface area contributed by atoms with Gasteiger partial charge in [0, 0.05) is 0 Å². The second kappa shape index (κ2) is 4.05. The molecule has 0 aromatic heterocycles. The molecule has 100 valence electrons. The number of carbonyl (C=O) groups is 3. The highest BCUT2D eigenvalue weighted by Gasteiger charge is 2.72. The monoisotopic (exact) mass is 254 g/mol. The molecule has 18 heavy (non-hydrogen) atoms. The number of amides is 2. The third-order valence-corrected chi connectivity index (χ3v) is 4.09. The molecule has 6 nitrogen and oxygen atoms in total.